The smallest absolute Gasteiger partial charge is 0.545 e. The van der Waals surface area contributed by atoms with Crippen molar-refractivity contribution in [3.8, 4) is 0 Å². The summed E-state index contributed by atoms with van der Waals surface area (Å²) < 4.78 is 0. The van der Waals surface area contributed by atoms with Crippen LogP contribution in [0.4, 0.5) is 0 Å². The van der Waals surface area contributed by atoms with Crippen LogP contribution in [0.1, 0.15) is 31.1 Å². The van der Waals surface area contributed by atoms with Gasteiger partial charge in [-0.05, 0) is 34.9 Å². The Morgan fingerprint density at radius 1 is 0.688 bits per heavy atom. The van der Waals surface area contributed by atoms with Gasteiger partial charge in [-0.15, -0.1) is 0 Å². The Bertz CT molecular complexity index is 374. The number of carbonyl (C=O) groups excluding carboxylic acids is 3. The minimum atomic E-state index is -1.68. The standard InChI is InChI=1S/C9H6O6.Cu/c10-7(11)4-1-5(8(12)13)3-6(2-4)9(14)15;/h1-3H,(H,10,11)(H,12,13)(H,14,15);/q;+3/p-3. The molecule has 0 atom stereocenters. The maximum absolute atomic E-state index is 10.4. The first-order valence-electron chi connectivity index (χ1n) is 3.71. The van der Waals surface area contributed by atoms with Gasteiger partial charge in [-0.25, -0.2) is 0 Å². The number of carboxylic acid groups (broad SMARTS) is 3. The van der Waals surface area contributed by atoms with Crippen molar-refractivity contribution < 1.29 is 46.8 Å². The molecular weight excluding hydrogens is 268 g/mol. The molecule has 1 aromatic carbocycles. The van der Waals surface area contributed by atoms with Crippen molar-refractivity contribution in [3.05, 3.63) is 34.9 Å². The molecule has 0 aliphatic heterocycles. The van der Waals surface area contributed by atoms with E-state index in [0.717, 1.165) is 18.2 Å². The normalized spacial score (nSPS) is 9.00. The van der Waals surface area contributed by atoms with E-state index in [0.29, 0.717) is 0 Å². The number of benzene rings is 1. The van der Waals surface area contributed by atoms with Crippen LogP contribution in [0.25, 0.3) is 0 Å². The number of carbonyl (C=O) groups is 3. The molecule has 0 fully saturated rings. The van der Waals surface area contributed by atoms with Gasteiger partial charge in [0, 0.05) is 0 Å². The summed E-state index contributed by atoms with van der Waals surface area (Å²) in [6, 6.07) is 2.24. The zero-order chi connectivity index (χ0) is 11.6. The maximum atomic E-state index is 10.4. The average molecular weight is 271 g/mol. The van der Waals surface area contributed by atoms with Crippen LogP contribution in [-0.2, 0) is 17.1 Å². The summed E-state index contributed by atoms with van der Waals surface area (Å²) in [6.45, 7) is 0. The van der Waals surface area contributed by atoms with Crippen molar-refractivity contribution in [1.29, 1.82) is 0 Å². The zero-order valence-electron chi connectivity index (χ0n) is 7.48. The average Bonchev–Trinajstić information content (AvgIpc) is 2.16. The largest absolute Gasteiger partial charge is 3.00 e. The third kappa shape index (κ3) is 3.08. The van der Waals surface area contributed by atoms with E-state index in [9.17, 15) is 29.7 Å². The molecule has 1 aromatic rings. The maximum Gasteiger partial charge on any atom is 3.00 e. The summed E-state index contributed by atoms with van der Waals surface area (Å²) in [7, 11) is 0. The summed E-state index contributed by atoms with van der Waals surface area (Å²) in [6.07, 6.45) is 0. The van der Waals surface area contributed by atoms with Gasteiger partial charge < -0.3 is 29.7 Å². The molecule has 0 N–H and O–H groups in total. The summed E-state index contributed by atoms with van der Waals surface area (Å²) >= 11 is 0. The predicted molar refractivity (Wildman–Crippen MR) is 39.4 cm³/mol. The fourth-order valence-electron chi connectivity index (χ4n) is 0.981. The molecular formula is C9H3CuO6. The second kappa shape index (κ2) is 5.29. The van der Waals surface area contributed by atoms with Gasteiger partial charge in [0.2, 0.25) is 0 Å². The monoisotopic (exact) mass is 270 g/mol. The third-order valence-electron chi connectivity index (χ3n) is 1.64. The van der Waals surface area contributed by atoms with Crippen LogP contribution in [0, 0.1) is 0 Å². The molecule has 0 aromatic heterocycles. The van der Waals surface area contributed by atoms with E-state index >= 15 is 0 Å². The first-order chi connectivity index (χ1) is 6.91. The Morgan fingerprint density at radius 2 is 0.875 bits per heavy atom. The first kappa shape index (κ1) is 14.1. The molecule has 16 heavy (non-hydrogen) atoms. The summed E-state index contributed by atoms with van der Waals surface area (Å²) in [4.78, 5) is 31.2. The molecule has 6 nitrogen and oxygen atoms in total. The molecule has 0 aliphatic carbocycles. The van der Waals surface area contributed by atoms with E-state index in [4.69, 9.17) is 0 Å². The van der Waals surface area contributed by atoms with Crippen molar-refractivity contribution in [2.45, 2.75) is 0 Å². The predicted octanol–water partition coefficient (Wildman–Crippen LogP) is -3.23. The molecule has 0 heterocycles. The molecule has 86 valence electrons. The molecule has 0 amide bonds. The fraction of sp³-hybridized carbons (Fsp3) is 0. The Balaban J connectivity index is 0.00000225. The number of rotatable bonds is 3. The van der Waals surface area contributed by atoms with Gasteiger partial charge in [0.05, 0.1) is 17.9 Å². The molecule has 0 aliphatic rings. The van der Waals surface area contributed by atoms with Gasteiger partial charge in [0.1, 0.15) is 0 Å². The van der Waals surface area contributed by atoms with Crippen LogP contribution < -0.4 is 15.3 Å². The van der Waals surface area contributed by atoms with Gasteiger partial charge in [0.15, 0.2) is 0 Å². The van der Waals surface area contributed by atoms with E-state index in [1.807, 2.05) is 0 Å². The van der Waals surface area contributed by atoms with E-state index in [1.165, 1.54) is 0 Å². The van der Waals surface area contributed by atoms with E-state index < -0.39 is 34.6 Å². The van der Waals surface area contributed by atoms with Crippen LogP contribution >= 0.6 is 0 Å². The van der Waals surface area contributed by atoms with Crippen LogP contribution in [0.5, 0.6) is 0 Å². The Kier molecular flexibility index (Phi) is 4.68. The molecule has 7 heteroatoms. The van der Waals surface area contributed by atoms with Gasteiger partial charge in [0.25, 0.3) is 0 Å². The van der Waals surface area contributed by atoms with Crippen molar-refractivity contribution >= 4 is 17.9 Å². The molecule has 1 rings (SSSR count). The minimum absolute atomic E-state index is 0. The Morgan fingerprint density at radius 3 is 1.00 bits per heavy atom. The first-order valence-corrected chi connectivity index (χ1v) is 3.71. The fourth-order valence-corrected chi connectivity index (χ4v) is 0.981. The Labute approximate surface area is 100.0 Å². The second-order valence-electron chi connectivity index (χ2n) is 2.66. The van der Waals surface area contributed by atoms with Gasteiger partial charge in [-0.2, -0.15) is 0 Å². The zero-order valence-corrected chi connectivity index (χ0v) is 8.42. The third-order valence-corrected chi connectivity index (χ3v) is 1.64. The summed E-state index contributed by atoms with van der Waals surface area (Å²) in [5.74, 6) is -5.04. The molecule has 0 unspecified atom stereocenters. The summed E-state index contributed by atoms with van der Waals surface area (Å²) in [5.41, 5.74) is -1.68. The molecule has 0 radical (unpaired) electrons. The van der Waals surface area contributed by atoms with Crippen LogP contribution in [0.2, 0.25) is 0 Å². The quantitative estimate of drug-likeness (QED) is 0.533. The van der Waals surface area contributed by atoms with Crippen LogP contribution in [0.15, 0.2) is 18.2 Å². The molecule has 0 saturated carbocycles. The topological polar surface area (TPSA) is 120 Å². The number of hydrogen-bond acceptors (Lipinski definition) is 6. The molecule has 0 bridgehead atoms. The summed E-state index contributed by atoms with van der Waals surface area (Å²) in [5, 5.41) is 31.2. The van der Waals surface area contributed by atoms with E-state index in [-0.39, 0.29) is 17.1 Å². The van der Waals surface area contributed by atoms with Crippen LogP contribution in [-0.4, -0.2) is 17.9 Å². The van der Waals surface area contributed by atoms with Crippen molar-refractivity contribution in [1.82, 2.24) is 0 Å². The minimum Gasteiger partial charge on any atom is -0.545 e. The van der Waals surface area contributed by atoms with Gasteiger partial charge in [-0.3, -0.25) is 0 Å². The van der Waals surface area contributed by atoms with Crippen molar-refractivity contribution in [2.75, 3.05) is 0 Å². The second-order valence-corrected chi connectivity index (χ2v) is 2.66. The number of carboxylic acids is 3. The van der Waals surface area contributed by atoms with E-state index in [2.05, 4.69) is 0 Å². The van der Waals surface area contributed by atoms with Gasteiger partial charge in [-0.1, -0.05) is 0 Å². The van der Waals surface area contributed by atoms with Crippen molar-refractivity contribution in [2.24, 2.45) is 0 Å². The van der Waals surface area contributed by atoms with Crippen molar-refractivity contribution in [3.63, 3.8) is 0 Å². The van der Waals surface area contributed by atoms with E-state index in [1.54, 1.807) is 0 Å². The molecule has 0 saturated heterocycles. The SMILES string of the molecule is O=C([O-])c1cc(C(=O)[O-])cc(C(=O)[O-])c1.[Cu+3]. The number of hydrogen-bond donors (Lipinski definition) is 0. The number of aromatic carboxylic acids is 3. The Hall–Kier alpha value is -1.85. The molecule has 0 spiro atoms. The van der Waals surface area contributed by atoms with Crippen LogP contribution in [0.3, 0.4) is 0 Å². The van der Waals surface area contributed by atoms with Gasteiger partial charge >= 0.3 is 17.1 Å².